The van der Waals surface area contributed by atoms with Gasteiger partial charge >= 0.3 is 0 Å². The lowest BCUT2D eigenvalue weighted by Crippen LogP contribution is -2.45. The molecular formula is C48H54F2N4O10Si. The molecule has 2 heterocycles. The fourth-order valence-corrected chi connectivity index (χ4v) is 8.56. The Morgan fingerprint density at radius 3 is 1.68 bits per heavy atom. The fourth-order valence-electron chi connectivity index (χ4n) is 7.52. The number of nitro groups is 2. The van der Waals surface area contributed by atoms with Gasteiger partial charge in [0.15, 0.2) is 19.8 Å². The van der Waals surface area contributed by atoms with Gasteiger partial charge in [0.25, 0.3) is 23.2 Å². The Kier molecular flexibility index (Phi) is 14.6. The van der Waals surface area contributed by atoms with Crippen molar-refractivity contribution in [2.45, 2.75) is 90.5 Å². The summed E-state index contributed by atoms with van der Waals surface area (Å²) in [6.07, 6.45) is 5.00. The minimum atomic E-state index is -2.25. The second-order valence-electron chi connectivity index (χ2n) is 17.7. The first-order valence-corrected chi connectivity index (χ1v) is 24.3. The molecule has 2 atom stereocenters. The van der Waals surface area contributed by atoms with E-state index < -0.39 is 53.2 Å². The number of amides is 2. The molecule has 0 fully saturated rings. The van der Waals surface area contributed by atoms with E-state index in [-0.39, 0.29) is 71.5 Å². The van der Waals surface area contributed by atoms with Crippen molar-refractivity contribution >= 4 is 42.7 Å². The third-order valence-corrected chi connectivity index (χ3v) is 16.8. The van der Waals surface area contributed by atoms with E-state index in [0.717, 1.165) is 28.3 Å². The van der Waals surface area contributed by atoms with E-state index in [9.17, 15) is 38.6 Å². The summed E-state index contributed by atoms with van der Waals surface area (Å²) >= 11 is 0. The predicted molar refractivity (Wildman–Crippen MR) is 244 cm³/mol. The number of hydrogen-bond acceptors (Lipinski definition) is 10. The van der Waals surface area contributed by atoms with Crippen LogP contribution < -0.4 is 14.2 Å². The molecule has 4 aromatic carbocycles. The van der Waals surface area contributed by atoms with Crippen LogP contribution in [0.5, 0.6) is 17.2 Å². The van der Waals surface area contributed by atoms with E-state index in [4.69, 9.17) is 18.6 Å². The molecule has 0 bridgehead atoms. The van der Waals surface area contributed by atoms with Gasteiger partial charge in [-0.2, -0.15) is 0 Å². The number of rotatable bonds is 17. The van der Waals surface area contributed by atoms with Crippen molar-refractivity contribution in [1.82, 2.24) is 9.80 Å². The molecule has 344 valence electrons. The van der Waals surface area contributed by atoms with Gasteiger partial charge < -0.3 is 28.4 Å². The van der Waals surface area contributed by atoms with Gasteiger partial charge in [0, 0.05) is 30.9 Å². The Morgan fingerprint density at radius 2 is 1.20 bits per heavy atom. The topological polar surface area (TPSA) is 164 Å². The standard InChI is InChI=1S/C48H54F2N4O10Si/c1-9-37-22-33(31-11-15-35(49)16-12-31)27-51(37)47(56)40-24-44(61-6)45(26-42(40)54(59)60)63-20-10-19-62-43-25-41(53(57)58)39(21-30(43)2)46(55)52-28-34(32-13-17-36(50)18-14-32)23-38(52)29-64-65(7,8)48(3,4)5/h11-18,21,24-28,37-38H,9-10,19-20,22-23,29H2,1-8H3/t37-,38+/m1/s1. The van der Waals surface area contributed by atoms with Crippen molar-refractivity contribution in [3.63, 3.8) is 0 Å². The van der Waals surface area contributed by atoms with Crippen LogP contribution in [-0.4, -0.2) is 78.8 Å². The van der Waals surface area contributed by atoms with Crippen LogP contribution in [0.1, 0.15) is 90.8 Å². The van der Waals surface area contributed by atoms with Crippen LogP contribution in [0.2, 0.25) is 18.1 Å². The van der Waals surface area contributed by atoms with Crippen molar-refractivity contribution in [2.75, 3.05) is 26.9 Å². The maximum absolute atomic E-state index is 14.3. The quantitative estimate of drug-likeness (QED) is 0.0431. The van der Waals surface area contributed by atoms with Gasteiger partial charge in [-0.3, -0.25) is 29.8 Å². The first-order chi connectivity index (χ1) is 30.7. The molecule has 17 heteroatoms. The van der Waals surface area contributed by atoms with Crippen molar-refractivity contribution < 1.29 is 46.9 Å². The van der Waals surface area contributed by atoms with Crippen LogP contribution in [0.3, 0.4) is 0 Å². The largest absolute Gasteiger partial charge is 0.493 e. The molecule has 0 N–H and O–H groups in total. The highest BCUT2D eigenvalue weighted by atomic mass is 28.4. The van der Waals surface area contributed by atoms with Crippen LogP contribution in [0, 0.1) is 38.8 Å². The molecule has 65 heavy (non-hydrogen) atoms. The van der Waals surface area contributed by atoms with Gasteiger partial charge in [-0.15, -0.1) is 0 Å². The number of nitrogens with zero attached hydrogens (tertiary/aromatic N) is 4. The normalized spacial score (nSPS) is 16.3. The number of hydrogen-bond donors (Lipinski definition) is 0. The highest BCUT2D eigenvalue weighted by molar-refractivity contribution is 6.74. The van der Waals surface area contributed by atoms with Crippen LogP contribution in [-0.2, 0) is 4.43 Å². The highest BCUT2D eigenvalue weighted by Crippen LogP contribution is 2.41. The predicted octanol–water partition coefficient (Wildman–Crippen LogP) is 10.9. The molecule has 0 saturated carbocycles. The van der Waals surface area contributed by atoms with Gasteiger partial charge in [-0.05, 0) is 102 Å². The first kappa shape index (κ1) is 48.0. The second kappa shape index (κ2) is 19.7. The summed E-state index contributed by atoms with van der Waals surface area (Å²) in [4.78, 5) is 54.7. The lowest BCUT2D eigenvalue weighted by Gasteiger charge is -2.38. The third kappa shape index (κ3) is 10.7. The average molecular weight is 913 g/mol. The van der Waals surface area contributed by atoms with Crippen molar-refractivity contribution in [3.8, 4) is 17.2 Å². The van der Waals surface area contributed by atoms with Crippen LogP contribution >= 0.6 is 0 Å². The summed E-state index contributed by atoms with van der Waals surface area (Å²) in [7, 11) is -0.901. The van der Waals surface area contributed by atoms with Gasteiger partial charge in [0.05, 0.1) is 55.0 Å². The van der Waals surface area contributed by atoms with E-state index >= 15 is 0 Å². The zero-order chi connectivity index (χ0) is 47.4. The number of halogens is 2. The fraction of sp³-hybridized carbons (Fsp3) is 0.375. The number of aryl methyl sites for hydroxylation is 1. The third-order valence-electron chi connectivity index (χ3n) is 12.3. The Labute approximate surface area is 377 Å². The average Bonchev–Trinajstić information content (AvgIpc) is 3.90. The van der Waals surface area contributed by atoms with Gasteiger partial charge in [0.1, 0.15) is 28.5 Å². The first-order valence-electron chi connectivity index (χ1n) is 21.4. The number of ether oxygens (including phenoxy) is 3. The summed E-state index contributed by atoms with van der Waals surface area (Å²) in [5.74, 6) is -1.69. The Hall–Kier alpha value is -6.46. The molecule has 2 aliphatic heterocycles. The molecule has 0 aliphatic carbocycles. The molecule has 0 unspecified atom stereocenters. The lowest BCUT2D eigenvalue weighted by molar-refractivity contribution is -0.385. The van der Waals surface area contributed by atoms with Gasteiger partial charge in [0.2, 0.25) is 0 Å². The smallest absolute Gasteiger partial charge is 0.286 e. The molecule has 0 saturated heterocycles. The molecule has 0 aromatic heterocycles. The SMILES string of the molecule is CC[C@@H]1CC(c2ccc(F)cc2)=CN1C(=O)c1cc(OC)c(OCCCOc2cc([N+](=O)[O-])c(C(=O)N3C=C(c4ccc(F)cc4)C[C@H]3CO[Si](C)(C)C(C)(C)C)cc2C)cc1[N+](=O)[O-]. The number of benzene rings is 4. The number of nitro benzene ring substituents is 2. The number of carbonyl (C=O) groups is 2. The maximum atomic E-state index is 14.3. The minimum Gasteiger partial charge on any atom is -0.493 e. The van der Waals surface area contributed by atoms with Gasteiger partial charge in [-0.25, -0.2) is 8.78 Å². The van der Waals surface area contributed by atoms with Crippen molar-refractivity contribution in [1.29, 1.82) is 0 Å². The molecule has 6 rings (SSSR count). The van der Waals surface area contributed by atoms with Crippen LogP contribution in [0.4, 0.5) is 20.2 Å². The summed E-state index contributed by atoms with van der Waals surface area (Å²) in [6.45, 7) is 14.3. The molecule has 0 spiro atoms. The number of methoxy groups -OCH3 is 1. The molecule has 2 aliphatic rings. The maximum Gasteiger partial charge on any atom is 0.286 e. The molecule has 4 aromatic rings. The molecular weight excluding hydrogens is 859 g/mol. The van der Waals surface area contributed by atoms with Crippen LogP contribution in [0.15, 0.2) is 85.2 Å². The van der Waals surface area contributed by atoms with Crippen LogP contribution in [0.25, 0.3) is 11.1 Å². The summed E-state index contributed by atoms with van der Waals surface area (Å²) in [5, 5.41) is 24.7. The van der Waals surface area contributed by atoms with E-state index in [1.807, 2.05) is 6.92 Å². The Balaban J connectivity index is 1.15. The summed E-state index contributed by atoms with van der Waals surface area (Å²) in [5.41, 5.74) is 2.24. The zero-order valence-corrected chi connectivity index (χ0v) is 38.8. The zero-order valence-electron chi connectivity index (χ0n) is 37.8. The molecule has 14 nitrogen and oxygen atoms in total. The monoisotopic (exact) mass is 912 g/mol. The van der Waals surface area contributed by atoms with E-state index in [2.05, 4.69) is 33.9 Å². The van der Waals surface area contributed by atoms with E-state index in [1.54, 1.807) is 43.6 Å². The van der Waals surface area contributed by atoms with Crippen molar-refractivity contribution in [3.05, 3.63) is 145 Å². The Morgan fingerprint density at radius 1 is 0.738 bits per heavy atom. The summed E-state index contributed by atoms with van der Waals surface area (Å²) < 4.78 is 51.3. The van der Waals surface area contributed by atoms with E-state index in [0.29, 0.717) is 24.8 Å². The lowest BCUT2D eigenvalue weighted by atomic mass is 10.0. The molecule has 0 radical (unpaired) electrons. The van der Waals surface area contributed by atoms with Crippen molar-refractivity contribution in [2.24, 2.45) is 0 Å². The number of carbonyl (C=O) groups excluding carboxylic acids is 2. The minimum absolute atomic E-state index is 0.0116. The molecule has 2 amide bonds. The van der Waals surface area contributed by atoms with E-state index in [1.165, 1.54) is 59.4 Å². The Bertz CT molecular complexity index is 2520. The highest BCUT2D eigenvalue weighted by Gasteiger charge is 2.41. The van der Waals surface area contributed by atoms with Gasteiger partial charge in [-0.1, -0.05) is 52.0 Å². The second-order valence-corrected chi connectivity index (χ2v) is 22.5. The summed E-state index contributed by atoms with van der Waals surface area (Å²) in [6, 6.07) is 16.2.